The average molecular weight is 375 g/mol. The number of hydrogen-bond acceptors (Lipinski definition) is 5. The van der Waals surface area contributed by atoms with Gasteiger partial charge in [-0.05, 0) is 67.9 Å². The van der Waals surface area contributed by atoms with Crippen LogP contribution < -0.4 is 5.46 Å². The van der Waals surface area contributed by atoms with Crippen molar-refractivity contribution >= 4 is 12.6 Å². The molecule has 3 heterocycles. The monoisotopic (exact) mass is 375 g/mol. The lowest BCUT2D eigenvalue weighted by atomic mass is 9.82. The minimum absolute atomic E-state index is 0.215. The van der Waals surface area contributed by atoms with Gasteiger partial charge >= 0.3 is 7.12 Å². The summed E-state index contributed by atoms with van der Waals surface area (Å²) in [5.74, 6) is 0.763. The Morgan fingerprint density at radius 3 is 2.26 bits per heavy atom. The van der Waals surface area contributed by atoms with E-state index >= 15 is 0 Å². The van der Waals surface area contributed by atoms with Gasteiger partial charge in [0.1, 0.15) is 5.60 Å². The van der Waals surface area contributed by atoms with Crippen LogP contribution in [0.4, 0.5) is 0 Å². The van der Waals surface area contributed by atoms with E-state index in [-0.39, 0.29) is 23.9 Å². The molecule has 2 saturated heterocycles. The molecule has 2 aliphatic rings. The fourth-order valence-electron chi connectivity index (χ4n) is 3.45. The van der Waals surface area contributed by atoms with Crippen LogP contribution >= 0.6 is 0 Å². The maximum Gasteiger partial charge on any atom is 0.498 e. The zero-order valence-corrected chi connectivity index (χ0v) is 17.9. The van der Waals surface area contributed by atoms with Crippen LogP contribution in [0.3, 0.4) is 0 Å². The first kappa shape index (κ1) is 20.3. The number of aromatic nitrogens is 2. The SMILES string of the molecule is C=C(OC(C)(C)C)N1CCC(n2cc(B3OC(C)(C)C(C)(C)O3)cn2)CC1. The Kier molecular flexibility index (Phi) is 5.14. The van der Waals surface area contributed by atoms with Crippen LogP contribution in [-0.4, -0.2) is 51.7 Å². The zero-order chi connectivity index (χ0) is 20.0. The Labute approximate surface area is 164 Å². The number of likely N-dealkylation sites (tertiary alicyclic amines) is 1. The summed E-state index contributed by atoms with van der Waals surface area (Å²) in [5, 5.41) is 4.59. The first-order chi connectivity index (χ1) is 12.4. The molecule has 0 aliphatic carbocycles. The van der Waals surface area contributed by atoms with Gasteiger partial charge < -0.3 is 18.9 Å². The van der Waals surface area contributed by atoms with Crippen molar-refractivity contribution in [1.82, 2.24) is 14.7 Å². The van der Waals surface area contributed by atoms with Gasteiger partial charge in [-0.25, -0.2) is 0 Å². The standard InChI is InChI=1S/C20H34BN3O3/c1-15(25-18(2,3)4)23-11-9-17(10-12-23)24-14-16(13-22-24)21-26-19(5,6)20(7,8)27-21/h13-14,17H,1,9-12H2,2-8H3. The molecule has 0 N–H and O–H groups in total. The molecular weight excluding hydrogens is 341 g/mol. The molecule has 2 aliphatic heterocycles. The highest BCUT2D eigenvalue weighted by Crippen LogP contribution is 2.36. The molecule has 0 bridgehead atoms. The van der Waals surface area contributed by atoms with E-state index in [1.165, 1.54) is 0 Å². The second-order valence-corrected chi connectivity index (χ2v) is 9.67. The molecule has 0 radical (unpaired) electrons. The van der Waals surface area contributed by atoms with E-state index < -0.39 is 0 Å². The number of piperidine rings is 1. The summed E-state index contributed by atoms with van der Waals surface area (Å²) < 4.78 is 20.2. The van der Waals surface area contributed by atoms with Crippen molar-refractivity contribution in [2.24, 2.45) is 0 Å². The Balaban J connectivity index is 1.58. The molecule has 7 heteroatoms. The van der Waals surface area contributed by atoms with Crippen molar-refractivity contribution in [3.8, 4) is 0 Å². The number of hydrogen-bond donors (Lipinski definition) is 0. The van der Waals surface area contributed by atoms with Crippen molar-refractivity contribution in [3.63, 3.8) is 0 Å². The molecule has 0 saturated carbocycles. The van der Waals surface area contributed by atoms with E-state index in [1.807, 2.05) is 27.0 Å². The van der Waals surface area contributed by atoms with Gasteiger partial charge in [0.15, 0.2) is 5.88 Å². The van der Waals surface area contributed by atoms with Crippen LogP contribution in [-0.2, 0) is 14.0 Å². The quantitative estimate of drug-likeness (QED) is 0.598. The maximum atomic E-state index is 6.13. The summed E-state index contributed by atoms with van der Waals surface area (Å²) in [7, 11) is -0.358. The lowest BCUT2D eigenvalue weighted by molar-refractivity contribution is -0.00530. The van der Waals surface area contributed by atoms with E-state index in [2.05, 4.69) is 55.2 Å². The summed E-state index contributed by atoms with van der Waals surface area (Å²) in [6.45, 7) is 20.4. The van der Waals surface area contributed by atoms with Crippen molar-refractivity contribution in [2.75, 3.05) is 13.1 Å². The van der Waals surface area contributed by atoms with E-state index in [1.54, 1.807) is 0 Å². The molecular formula is C20H34BN3O3. The van der Waals surface area contributed by atoms with Gasteiger partial charge in [-0.3, -0.25) is 4.68 Å². The third kappa shape index (κ3) is 4.35. The predicted molar refractivity (Wildman–Crippen MR) is 108 cm³/mol. The summed E-state index contributed by atoms with van der Waals surface area (Å²) in [6.07, 6.45) is 5.97. The number of ether oxygens (including phenoxy) is 1. The van der Waals surface area contributed by atoms with E-state index in [4.69, 9.17) is 14.0 Å². The molecule has 0 unspecified atom stereocenters. The minimum atomic E-state index is -0.358. The Morgan fingerprint density at radius 1 is 1.19 bits per heavy atom. The predicted octanol–water partition coefficient (Wildman–Crippen LogP) is 3.11. The van der Waals surface area contributed by atoms with E-state index in [0.717, 1.165) is 37.3 Å². The zero-order valence-electron chi connectivity index (χ0n) is 17.9. The third-order valence-corrected chi connectivity index (χ3v) is 5.76. The van der Waals surface area contributed by atoms with Crippen LogP contribution in [0.5, 0.6) is 0 Å². The van der Waals surface area contributed by atoms with Crippen LogP contribution in [0.2, 0.25) is 0 Å². The van der Waals surface area contributed by atoms with Crippen molar-refractivity contribution < 1.29 is 14.0 Å². The molecule has 2 fully saturated rings. The lowest BCUT2D eigenvalue weighted by Gasteiger charge is -2.36. The van der Waals surface area contributed by atoms with Crippen LogP contribution in [0.15, 0.2) is 24.9 Å². The molecule has 1 aromatic heterocycles. The Hall–Kier alpha value is -1.47. The first-order valence-corrected chi connectivity index (χ1v) is 9.90. The second-order valence-electron chi connectivity index (χ2n) is 9.67. The van der Waals surface area contributed by atoms with Crippen molar-refractivity contribution in [2.45, 2.75) is 84.2 Å². The highest BCUT2D eigenvalue weighted by molar-refractivity contribution is 6.62. The van der Waals surface area contributed by atoms with Gasteiger partial charge in [0, 0.05) is 30.9 Å². The first-order valence-electron chi connectivity index (χ1n) is 9.90. The lowest BCUT2D eigenvalue weighted by Crippen LogP contribution is -2.41. The molecule has 0 aromatic carbocycles. The van der Waals surface area contributed by atoms with Crippen LogP contribution in [0.25, 0.3) is 0 Å². The molecule has 0 amide bonds. The number of nitrogens with zero attached hydrogens (tertiary/aromatic N) is 3. The van der Waals surface area contributed by atoms with E-state index in [0.29, 0.717) is 6.04 Å². The molecule has 6 nitrogen and oxygen atoms in total. The molecule has 0 atom stereocenters. The van der Waals surface area contributed by atoms with Gasteiger partial charge in [-0.2, -0.15) is 5.10 Å². The fourth-order valence-corrected chi connectivity index (χ4v) is 3.45. The van der Waals surface area contributed by atoms with Gasteiger partial charge in [0.2, 0.25) is 0 Å². The van der Waals surface area contributed by atoms with Gasteiger partial charge in [0.25, 0.3) is 0 Å². The Bertz CT molecular complexity index is 669. The molecule has 0 spiro atoms. The normalized spacial score (nSPS) is 22.9. The number of rotatable bonds is 4. The molecule has 1 aromatic rings. The summed E-state index contributed by atoms with van der Waals surface area (Å²) >= 11 is 0. The topological polar surface area (TPSA) is 48.8 Å². The average Bonchev–Trinajstić information content (AvgIpc) is 3.09. The van der Waals surface area contributed by atoms with Crippen LogP contribution in [0.1, 0.15) is 67.3 Å². The van der Waals surface area contributed by atoms with Gasteiger partial charge in [-0.15, -0.1) is 0 Å². The second kappa shape index (κ2) is 6.85. The maximum absolute atomic E-state index is 6.13. The smallest absolute Gasteiger partial charge is 0.474 e. The fraction of sp³-hybridized carbons (Fsp3) is 0.750. The van der Waals surface area contributed by atoms with Crippen LogP contribution in [0, 0.1) is 0 Å². The largest absolute Gasteiger partial charge is 0.498 e. The molecule has 150 valence electrons. The van der Waals surface area contributed by atoms with Crippen molar-refractivity contribution in [1.29, 1.82) is 0 Å². The van der Waals surface area contributed by atoms with Gasteiger partial charge in [0.05, 0.1) is 17.2 Å². The summed E-state index contributed by atoms with van der Waals surface area (Å²) in [4.78, 5) is 2.22. The van der Waals surface area contributed by atoms with E-state index in [9.17, 15) is 0 Å². The summed E-state index contributed by atoms with van der Waals surface area (Å²) in [6, 6.07) is 0.375. The summed E-state index contributed by atoms with van der Waals surface area (Å²) in [5.41, 5.74) is 0.0987. The highest BCUT2D eigenvalue weighted by atomic mass is 16.7. The van der Waals surface area contributed by atoms with Crippen molar-refractivity contribution in [3.05, 3.63) is 24.9 Å². The van der Waals surface area contributed by atoms with Gasteiger partial charge in [-0.1, -0.05) is 0 Å². The minimum Gasteiger partial charge on any atom is -0.474 e. The highest BCUT2D eigenvalue weighted by Gasteiger charge is 2.52. The molecule has 3 rings (SSSR count). The Morgan fingerprint density at radius 2 is 1.74 bits per heavy atom. The third-order valence-electron chi connectivity index (χ3n) is 5.76. The molecule has 27 heavy (non-hydrogen) atoms.